The topological polar surface area (TPSA) is 98.2 Å². The summed E-state index contributed by atoms with van der Waals surface area (Å²) >= 11 is 0. The molecule has 0 radical (unpaired) electrons. The van der Waals surface area contributed by atoms with Gasteiger partial charge >= 0.3 is 12.0 Å². The van der Waals surface area contributed by atoms with Gasteiger partial charge in [-0.05, 0) is 25.1 Å². The Bertz CT molecular complexity index is 570. The lowest BCUT2D eigenvalue weighted by Gasteiger charge is -2.18. The van der Waals surface area contributed by atoms with Gasteiger partial charge in [-0.1, -0.05) is 6.07 Å². The van der Waals surface area contributed by atoms with Gasteiger partial charge in [-0.3, -0.25) is 14.6 Å². The molecule has 0 aromatic heterocycles. The fraction of sp³-hybridized carbons (Fsp3) is 0.308. The number of aliphatic hydroxyl groups is 1. The van der Waals surface area contributed by atoms with E-state index in [0.717, 1.165) is 4.90 Å². The maximum atomic E-state index is 12.1. The minimum atomic E-state index is -1.11. The first-order chi connectivity index (χ1) is 9.40. The highest BCUT2D eigenvalue weighted by Crippen LogP contribution is 2.22. The van der Waals surface area contributed by atoms with E-state index in [4.69, 9.17) is 5.11 Å². The van der Waals surface area contributed by atoms with Gasteiger partial charge in [-0.15, -0.1) is 0 Å². The molecular weight excluding hydrogens is 264 g/mol. The number of amides is 3. The van der Waals surface area contributed by atoms with Gasteiger partial charge in [0.05, 0.1) is 18.2 Å². The van der Waals surface area contributed by atoms with Crippen LogP contribution in [0.2, 0.25) is 0 Å². The SMILES string of the molecule is CC(O)CN1C(=O)CN(c2cccc(C(=O)O)c2)C1=O. The monoisotopic (exact) mass is 278 g/mol. The van der Waals surface area contributed by atoms with Gasteiger partial charge in [0, 0.05) is 5.69 Å². The molecule has 7 nitrogen and oxygen atoms in total. The van der Waals surface area contributed by atoms with Gasteiger partial charge in [0.25, 0.3) is 5.91 Å². The van der Waals surface area contributed by atoms with Crippen molar-refractivity contribution in [1.29, 1.82) is 0 Å². The predicted octanol–water partition coefficient (Wildman–Crippen LogP) is 0.534. The number of rotatable bonds is 4. The van der Waals surface area contributed by atoms with Crippen LogP contribution in [0, 0.1) is 0 Å². The lowest BCUT2D eigenvalue weighted by atomic mass is 10.2. The number of β-amino-alcohol motifs (C(OH)–C–C–N with tert-alkyl or cyclic N) is 1. The van der Waals surface area contributed by atoms with E-state index >= 15 is 0 Å². The summed E-state index contributed by atoms with van der Waals surface area (Å²) in [5.74, 6) is -1.53. The summed E-state index contributed by atoms with van der Waals surface area (Å²) in [6, 6.07) is 5.25. The van der Waals surface area contributed by atoms with E-state index in [2.05, 4.69) is 0 Å². The summed E-state index contributed by atoms with van der Waals surface area (Å²) in [5.41, 5.74) is 0.382. The molecule has 0 aliphatic carbocycles. The van der Waals surface area contributed by atoms with Crippen LogP contribution in [0.4, 0.5) is 10.5 Å². The minimum Gasteiger partial charge on any atom is -0.478 e. The van der Waals surface area contributed by atoms with Crippen molar-refractivity contribution in [3.63, 3.8) is 0 Å². The number of imide groups is 1. The summed E-state index contributed by atoms with van der Waals surface area (Å²) < 4.78 is 0. The van der Waals surface area contributed by atoms with Crippen LogP contribution in [-0.4, -0.2) is 52.2 Å². The highest BCUT2D eigenvalue weighted by molar-refractivity contribution is 6.12. The third-order valence-electron chi connectivity index (χ3n) is 2.91. The second-order valence-electron chi connectivity index (χ2n) is 4.58. The van der Waals surface area contributed by atoms with E-state index in [0.29, 0.717) is 5.69 Å². The molecule has 1 aromatic rings. The zero-order chi connectivity index (χ0) is 14.9. The van der Waals surface area contributed by atoms with Crippen LogP contribution in [0.25, 0.3) is 0 Å². The van der Waals surface area contributed by atoms with E-state index in [1.165, 1.54) is 30.0 Å². The standard InChI is InChI=1S/C13H14N2O5/c1-8(16)6-15-11(17)7-14(13(15)20)10-4-2-3-9(5-10)12(18)19/h2-5,8,16H,6-7H2,1H3,(H,18,19). The van der Waals surface area contributed by atoms with Gasteiger partial charge in [0.2, 0.25) is 0 Å². The molecular formula is C13H14N2O5. The smallest absolute Gasteiger partial charge is 0.335 e. The maximum absolute atomic E-state index is 12.1. The number of nitrogens with zero attached hydrogens (tertiary/aromatic N) is 2. The number of hydrogen-bond acceptors (Lipinski definition) is 4. The lowest BCUT2D eigenvalue weighted by Crippen LogP contribution is -2.37. The van der Waals surface area contributed by atoms with Crippen molar-refractivity contribution in [3.8, 4) is 0 Å². The van der Waals surface area contributed by atoms with Crippen molar-refractivity contribution < 1.29 is 24.6 Å². The van der Waals surface area contributed by atoms with Crippen LogP contribution in [-0.2, 0) is 4.79 Å². The Morgan fingerprint density at radius 3 is 2.70 bits per heavy atom. The summed E-state index contributed by atoms with van der Waals surface area (Å²) in [5, 5.41) is 18.2. The highest BCUT2D eigenvalue weighted by Gasteiger charge is 2.37. The van der Waals surface area contributed by atoms with E-state index in [-0.39, 0.29) is 18.7 Å². The molecule has 0 bridgehead atoms. The quantitative estimate of drug-likeness (QED) is 0.783. The van der Waals surface area contributed by atoms with Crippen LogP contribution >= 0.6 is 0 Å². The minimum absolute atomic E-state index is 0.0386. The third kappa shape index (κ3) is 2.62. The lowest BCUT2D eigenvalue weighted by molar-refractivity contribution is -0.125. The molecule has 2 rings (SSSR count). The molecule has 106 valence electrons. The van der Waals surface area contributed by atoms with Crippen LogP contribution in [0.15, 0.2) is 24.3 Å². The van der Waals surface area contributed by atoms with Gasteiger partial charge in [-0.25, -0.2) is 9.59 Å². The average molecular weight is 278 g/mol. The number of anilines is 1. The van der Waals surface area contributed by atoms with E-state index in [1.54, 1.807) is 6.07 Å². The summed E-state index contributed by atoms with van der Waals surface area (Å²) in [6.07, 6.45) is -0.812. The summed E-state index contributed by atoms with van der Waals surface area (Å²) in [4.78, 5) is 36.9. The zero-order valence-corrected chi connectivity index (χ0v) is 10.8. The van der Waals surface area contributed by atoms with Gasteiger partial charge < -0.3 is 10.2 Å². The molecule has 1 saturated heterocycles. The Morgan fingerprint density at radius 1 is 1.40 bits per heavy atom. The molecule has 1 aliphatic rings. The first-order valence-electron chi connectivity index (χ1n) is 6.03. The van der Waals surface area contributed by atoms with Gasteiger partial charge in [-0.2, -0.15) is 0 Å². The predicted molar refractivity (Wildman–Crippen MR) is 69.5 cm³/mol. The van der Waals surface area contributed by atoms with E-state index < -0.39 is 24.0 Å². The van der Waals surface area contributed by atoms with Crippen molar-refractivity contribution in [2.45, 2.75) is 13.0 Å². The molecule has 1 unspecified atom stereocenters. The Hall–Kier alpha value is -2.41. The van der Waals surface area contributed by atoms with E-state index in [9.17, 15) is 19.5 Å². The number of carbonyl (C=O) groups is 3. The highest BCUT2D eigenvalue weighted by atomic mass is 16.4. The van der Waals surface area contributed by atoms with Crippen LogP contribution in [0.5, 0.6) is 0 Å². The van der Waals surface area contributed by atoms with Crippen molar-refractivity contribution in [2.24, 2.45) is 0 Å². The number of hydrogen-bond donors (Lipinski definition) is 2. The number of aliphatic hydroxyl groups excluding tert-OH is 1. The molecule has 1 fully saturated rings. The van der Waals surface area contributed by atoms with Crippen molar-refractivity contribution in [2.75, 3.05) is 18.0 Å². The van der Waals surface area contributed by atoms with Crippen LogP contribution in [0.1, 0.15) is 17.3 Å². The summed E-state index contributed by atoms with van der Waals surface area (Å²) in [6.45, 7) is 1.25. The summed E-state index contributed by atoms with van der Waals surface area (Å²) in [7, 11) is 0. The van der Waals surface area contributed by atoms with Crippen molar-refractivity contribution in [1.82, 2.24) is 4.90 Å². The molecule has 1 aromatic carbocycles. The van der Waals surface area contributed by atoms with E-state index in [1.807, 2.05) is 0 Å². The second-order valence-corrected chi connectivity index (χ2v) is 4.58. The fourth-order valence-corrected chi connectivity index (χ4v) is 1.99. The number of carboxylic acids is 1. The molecule has 20 heavy (non-hydrogen) atoms. The first kappa shape index (κ1) is 14.0. The Balaban J connectivity index is 2.26. The third-order valence-corrected chi connectivity index (χ3v) is 2.91. The van der Waals surface area contributed by atoms with Gasteiger partial charge in [0.15, 0.2) is 0 Å². The van der Waals surface area contributed by atoms with Gasteiger partial charge in [0.1, 0.15) is 6.54 Å². The molecule has 1 atom stereocenters. The normalized spacial score (nSPS) is 16.7. The first-order valence-corrected chi connectivity index (χ1v) is 6.03. The zero-order valence-electron chi connectivity index (χ0n) is 10.8. The maximum Gasteiger partial charge on any atom is 0.335 e. The van der Waals surface area contributed by atoms with Crippen molar-refractivity contribution in [3.05, 3.63) is 29.8 Å². The Kier molecular flexibility index (Phi) is 3.71. The molecule has 0 saturated carbocycles. The Morgan fingerprint density at radius 2 is 2.10 bits per heavy atom. The number of benzene rings is 1. The number of urea groups is 1. The average Bonchev–Trinajstić information content (AvgIpc) is 2.66. The largest absolute Gasteiger partial charge is 0.478 e. The molecule has 7 heteroatoms. The Labute approximate surface area is 115 Å². The van der Waals surface area contributed by atoms with Crippen molar-refractivity contribution >= 4 is 23.6 Å². The number of carboxylic acid groups (broad SMARTS) is 1. The van der Waals surface area contributed by atoms with Crippen LogP contribution < -0.4 is 4.90 Å². The number of aromatic carboxylic acids is 1. The molecule has 1 heterocycles. The number of carbonyl (C=O) groups excluding carboxylic acids is 2. The molecule has 1 aliphatic heterocycles. The fourth-order valence-electron chi connectivity index (χ4n) is 1.99. The van der Waals surface area contributed by atoms with Crippen LogP contribution in [0.3, 0.4) is 0 Å². The molecule has 2 N–H and O–H groups in total. The molecule has 0 spiro atoms. The second kappa shape index (κ2) is 5.30. The molecule has 3 amide bonds.